The summed E-state index contributed by atoms with van der Waals surface area (Å²) in [6.45, 7) is 3.47. The second-order valence-corrected chi connectivity index (χ2v) is 7.66. The Balaban J connectivity index is 1.41. The fourth-order valence-electron chi connectivity index (χ4n) is 3.74. The molecule has 6 nitrogen and oxygen atoms in total. The molecule has 4 aromatic rings. The van der Waals surface area contributed by atoms with Crippen LogP contribution < -0.4 is 10.2 Å². The molecule has 2 aromatic carbocycles. The van der Waals surface area contributed by atoms with Crippen molar-refractivity contribution < 1.29 is 17.6 Å². The number of halogens is 3. The van der Waals surface area contributed by atoms with Crippen molar-refractivity contribution in [3.63, 3.8) is 0 Å². The van der Waals surface area contributed by atoms with Crippen LogP contribution in [0.5, 0.6) is 0 Å². The van der Waals surface area contributed by atoms with Crippen molar-refractivity contribution >= 4 is 39.5 Å². The maximum Gasteiger partial charge on any atom is 0.301 e. The summed E-state index contributed by atoms with van der Waals surface area (Å²) in [5.41, 5.74) is 1.76. The van der Waals surface area contributed by atoms with Crippen LogP contribution in [-0.2, 0) is 0 Å². The first kappa shape index (κ1) is 19.6. The van der Waals surface area contributed by atoms with E-state index in [0.717, 1.165) is 31.9 Å². The highest BCUT2D eigenvalue weighted by Gasteiger charge is 2.19. The van der Waals surface area contributed by atoms with E-state index in [1.165, 1.54) is 24.3 Å². The molecule has 5 rings (SSSR count). The number of fused-ring (bicyclic) bond motifs is 2. The Morgan fingerprint density at radius 3 is 2.55 bits per heavy atom. The third kappa shape index (κ3) is 3.88. The second kappa shape index (κ2) is 7.73. The highest BCUT2D eigenvalue weighted by Crippen LogP contribution is 2.30. The SMILES string of the molecule is CN1CCN(c2cc(F)c3oc(Nc4ccc5cc(C(F)F)ccc5n4)nc3c2)CC1. The molecule has 0 radical (unpaired) electrons. The monoisotopic (exact) mass is 427 g/mol. The second-order valence-electron chi connectivity index (χ2n) is 7.66. The van der Waals surface area contributed by atoms with E-state index in [9.17, 15) is 13.2 Å². The Hall–Kier alpha value is -3.33. The molecule has 2 aromatic heterocycles. The van der Waals surface area contributed by atoms with E-state index in [4.69, 9.17) is 4.42 Å². The molecule has 0 saturated carbocycles. The van der Waals surface area contributed by atoms with Gasteiger partial charge in [-0.2, -0.15) is 4.98 Å². The molecule has 0 bridgehead atoms. The van der Waals surface area contributed by atoms with E-state index in [1.54, 1.807) is 12.1 Å². The summed E-state index contributed by atoms with van der Waals surface area (Å²) in [4.78, 5) is 13.1. The molecule has 0 spiro atoms. The molecule has 9 heteroatoms. The minimum absolute atomic E-state index is 0.0550. The molecule has 1 fully saturated rings. The van der Waals surface area contributed by atoms with Crippen LogP contribution >= 0.6 is 0 Å². The number of nitrogens with zero attached hydrogens (tertiary/aromatic N) is 4. The van der Waals surface area contributed by atoms with E-state index >= 15 is 0 Å². The Morgan fingerprint density at radius 2 is 1.77 bits per heavy atom. The molecule has 1 saturated heterocycles. The number of pyridine rings is 1. The quantitative estimate of drug-likeness (QED) is 0.498. The molecule has 160 valence electrons. The fourth-order valence-corrected chi connectivity index (χ4v) is 3.74. The lowest BCUT2D eigenvalue weighted by atomic mass is 10.1. The van der Waals surface area contributed by atoms with Gasteiger partial charge in [-0.25, -0.2) is 18.2 Å². The summed E-state index contributed by atoms with van der Waals surface area (Å²) in [5, 5.41) is 3.53. The van der Waals surface area contributed by atoms with Crippen LogP contribution in [0, 0.1) is 5.82 Å². The summed E-state index contributed by atoms with van der Waals surface area (Å²) in [6, 6.07) is 11.0. The van der Waals surface area contributed by atoms with E-state index in [-0.39, 0.29) is 17.2 Å². The van der Waals surface area contributed by atoms with Crippen LogP contribution in [0.3, 0.4) is 0 Å². The van der Waals surface area contributed by atoms with Gasteiger partial charge in [-0.3, -0.25) is 5.32 Å². The van der Waals surface area contributed by atoms with Gasteiger partial charge in [0.25, 0.3) is 6.43 Å². The van der Waals surface area contributed by atoms with Crippen LogP contribution in [0.15, 0.2) is 46.9 Å². The smallest absolute Gasteiger partial charge is 0.301 e. The predicted molar refractivity (Wildman–Crippen MR) is 114 cm³/mol. The third-order valence-corrected chi connectivity index (χ3v) is 5.50. The summed E-state index contributed by atoms with van der Waals surface area (Å²) < 4.78 is 46.0. The first-order valence-electron chi connectivity index (χ1n) is 9.96. The highest BCUT2D eigenvalue weighted by atomic mass is 19.3. The fraction of sp³-hybridized carbons (Fsp3) is 0.273. The van der Waals surface area contributed by atoms with Crippen LogP contribution in [0.2, 0.25) is 0 Å². The number of oxazole rings is 1. The maximum atomic E-state index is 14.7. The van der Waals surface area contributed by atoms with Crippen LogP contribution in [-0.4, -0.2) is 48.1 Å². The zero-order valence-electron chi connectivity index (χ0n) is 16.8. The first-order valence-corrected chi connectivity index (χ1v) is 9.96. The van der Waals surface area contributed by atoms with E-state index in [1.807, 2.05) is 6.07 Å². The number of rotatable bonds is 4. The van der Waals surface area contributed by atoms with Crippen molar-refractivity contribution in [1.82, 2.24) is 14.9 Å². The number of nitrogens with one attached hydrogen (secondary N) is 1. The standard InChI is InChI=1S/C22H20F3N5O/c1-29-6-8-30(9-7-29)15-11-16(23)20-18(12-15)27-22(31-20)28-19-5-3-13-10-14(21(24)25)2-4-17(13)26-19/h2-5,10-12,21H,6-9H2,1H3,(H,26,27,28). The van der Waals surface area contributed by atoms with Gasteiger partial charge < -0.3 is 14.2 Å². The molecule has 1 N–H and O–H groups in total. The number of anilines is 3. The Bertz CT molecular complexity index is 1250. The van der Waals surface area contributed by atoms with Gasteiger partial charge in [-0.05, 0) is 37.4 Å². The number of piperazine rings is 1. The van der Waals surface area contributed by atoms with Crippen molar-refractivity contribution in [2.24, 2.45) is 0 Å². The Labute approximate surface area is 176 Å². The Kier molecular flexibility index (Phi) is 4.90. The van der Waals surface area contributed by atoms with Gasteiger partial charge in [0.2, 0.25) is 0 Å². The van der Waals surface area contributed by atoms with E-state index in [0.29, 0.717) is 22.2 Å². The zero-order chi connectivity index (χ0) is 21.5. The number of hydrogen-bond acceptors (Lipinski definition) is 6. The highest BCUT2D eigenvalue weighted by molar-refractivity contribution is 5.83. The molecule has 1 aliphatic heterocycles. The summed E-state index contributed by atoms with van der Waals surface area (Å²) in [7, 11) is 2.06. The first-order chi connectivity index (χ1) is 15.0. The molecule has 0 aliphatic carbocycles. The molecular formula is C22H20F3N5O. The van der Waals surface area contributed by atoms with E-state index in [2.05, 4.69) is 32.1 Å². The van der Waals surface area contributed by atoms with E-state index < -0.39 is 12.2 Å². The molecule has 0 amide bonds. The largest absolute Gasteiger partial charge is 0.420 e. The van der Waals surface area contributed by atoms with Crippen molar-refractivity contribution in [3.05, 3.63) is 53.8 Å². The minimum Gasteiger partial charge on any atom is -0.420 e. The Morgan fingerprint density at radius 1 is 0.968 bits per heavy atom. The minimum atomic E-state index is -2.53. The maximum absolute atomic E-state index is 14.7. The normalized spacial score (nSPS) is 15.3. The third-order valence-electron chi connectivity index (χ3n) is 5.50. The lowest BCUT2D eigenvalue weighted by Gasteiger charge is -2.34. The average molecular weight is 427 g/mol. The van der Waals surface area contributed by atoms with Gasteiger partial charge in [-0.15, -0.1) is 0 Å². The number of likely N-dealkylation sites (N-methyl/N-ethyl adjacent to an activating group) is 1. The van der Waals surface area contributed by atoms with Crippen molar-refractivity contribution in [2.75, 3.05) is 43.4 Å². The molecule has 0 unspecified atom stereocenters. The summed E-state index contributed by atoms with van der Waals surface area (Å²) in [5.74, 6) is -0.0541. The molecule has 3 heterocycles. The molecular weight excluding hydrogens is 407 g/mol. The van der Waals surface area contributed by atoms with Crippen molar-refractivity contribution in [3.8, 4) is 0 Å². The topological polar surface area (TPSA) is 57.4 Å². The van der Waals surface area contributed by atoms with Gasteiger partial charge in [0.05, 0.1) is 5.52 Å². The zero-order valence-corrected chi connectivity index (χ0v) is 16.8. The summed E-state index contributed by atoms with van der Waals surface area (Å²) >= 11 is 0. The van der Waals surface area contributed by atoms with Gasteiger partial charge >= 0.3 is 6.01 Å². The number of benzene rings is 2. The van der Waals surface area contributed by atoms with Gasteiger partial charge in [0.15, 0.2) is 11.4 Å². The van der Waals surface area contributed by atoms with Gasteiger partial charge in [-0.1, -0.05) is 6.07 Å². The van der Waals surface area contributed by atoms with Crippen molar-refractivity contribution in [2.45, 2.75) is 6.43 Å². The molecule has 0 atom stereocenters. The number of alkyl halides is 2. The number of hydrogen-bond donors (Lipinski definition) is 1. The van der Waals surface area contributed by atoms with Gasteiger partial charge in [0, 0.05) is 48.9 Å². The lowest BCUT2D eigenvalue weighted by Crippen LogP contribution is -2.44. The number of aromatic nitrogens is 2. The molecule has 31 heavy (non-hydrogen) atoms. The van der Waals surface area contributed by atoms with Crippen LogP contribution in [0.1, 0.15) is 12.0 Å². The average Bonchev–Trinajstić information content (AvgIpc) is 3.17. The van der Waals surface area contributed by atoms with Crippen molar-refractivity contribution in [1.29, 1.82) is 0 Å². The predicted octanol–water partition coefficient (Wildman–Crippen LogP) is 4.95. The molecule has 1 aliphatic rings. The van der Waals surface area contributed by atoms with Crippen LogP contribution in [0.4, 0.5) is 30.7 Å². The van der Waals surface area contributed by atoms with Crippen LogP contribution in [0.25, 0.3) is 22.0 Å². The van der Waals surface area contributed by atoms with Gasteiger partial charge in [0.1, 0.15) is 11.3 Å². The summed E-state index contributed by atoms with van der Waals surface area (Å²) in [6.07, 6.45) is -2.53. The lowest BCUT2D eigenvalue weighted by molar-refractivity contribution is 0.151.